The Balaban J connectivity index is 2.40. The van der Waals surface area contributed by atoms with Crippen LogP contribution in [0.3, 0.4) is 0 Å². The summed E-state index contributed by atoms with van der Waals surface area (Å²) in [6.07, 6.45) is 3.27. The lowest BCUT2D eigenvalue weighted by atomic mass is 10.0. The van der Waals surface area contributed by atoms with Gasteiger partial charge in [-0.15, -0.1) is 0 Å². The van der Waals surface area contributed by atoms with E-state index in [1.54, 1.807) is 12.1 Å². The van der Waals surface area contributed by atoms with Crippen LogP contribution < -0.4 is 0 Å². The highest BCUT2D eigenvalue weighted by Crippen LogP contribution is 2.10. The third kappa shape index (κ3) is 5.54. The Morgan fingerprint density at radius 1 is 1.32 bits per heavy atom. The van der Waals surface area contributed by atoms with Crippen molar-refractivity contribution in [2.75, 3.05) is 20.1 Å². The smallest absolute Gasteiger partial charge is 0.335 e. The minimum absolute atomic E-state index is 0.389. The second kappa shape index (κ2) is 8.28. The van der Waals surface area contributed by atoms with Gasteiger partial charge >= 0.3 is 5.97 Å². The number of rotatable bonds is 8. The zero-order chi connectivity index (χ0) is 14.1. The Hall–Kier alpha value is -1.86. The van der Waals surface area contributed by atoms with Crippen LogP contribution in [-0.2, 0) is 6.42 Å². The van der Waals surface area contributed by atoms with Crippen LogP contribution in [0.15, 0.2) is 24.3 Å². The van der Waals surface area contributed by atoms with E-state index in [9.17, 15) is 4.79 Å². The molecule has 1 rings (SSSR count). The molecule has 19 heavy (non-hydrogen) atoms. The van der Waals surface area contributed by atoms with Gasteiger partial charge in [0.1, 0.15) is 0 Å². The van der Waals surface area contributed by atoms with Gasteiger partial charge in [-0.3, -0.25) is 0 Å². The highest BCUT2D eigenvalue weighted by Gasteiger charge is 2.09. The van der Waals surface area contributed by atoms with Gasteiger partial charge in [-0.2, -0.15) is 5.26 Å². The van der Waals surface area contributed by atoms with E-state index in [1.165, 1.54) is 0 Å². The first-order valence-corrected chi connectivity index (χ1v) is 6.52. The molecule has 0 aromatic heterocycles. The van der Waals surface area contributed by atoms with Crippen LogP contribution in [0.25, 0.3) is 0 Å². The van der Waals surface area contributed by atoms with Crippen molar-refractivity contribution in [3.05, 3.63) is 35.4 Å². The van der Waals surface area contributed by atoms with E-state index in [2.05, 4.69) is 11.0 Å². The fraction of sp³-hybridized carbons (Fsp3) is 0.467. The Bertz CT molecular complexity index is 452. The highest BCUT2D eigenvalue weighted by molar-refractivity contribution is 5.89. The van der Waals surface area contributed by atoms with E-state index in [0.29, 0.717) is 12.0 Å². The summed E-state index contributed by atoms with van der Waals surface area (Å²) in [5.74, 6) is -0.868. The molecular formula is C15H20N2O2. The molecule has 0 spiro atoms. The minimum atomic E-state index is -0.868. The maximum atomic E-state index is 11.1. The van der Waals surface area contributed by atoms with Gasteiger partial charge in [-0.25, -0.2) is 4.79 Å². The lowest BCUT2D eigenvalue weighted by molar-refractivity contribution is 0.0695. The van der Waals surface area contributed by atoms with Crippen LogP contribution in [0.5, 0.6) is 0 Å². The fourth-order valence-electron chi connectivity index (χ4n) is 1.96. The average molecular weight is 260 g/mol. The van der Waals surface area contributed by atoms with Gasteiger partial charge in [0, 0.05) is 13.0 Å². The fourth-order valence-corrected chi connectivity index (χ4v) is 1.96. The number of hydrogen-bond acceptors (Lipinski definition) is 3. The summed E-state index contributed by atoms with van der Waals surface area (Å²) in [6, 6.07) is 9.27. The van der Waals surface area contributed by atoms with Gasteiger partial charge in [0.25, 0.3) is 0 Å². The first-order valence-electron chi connectivity index (χ1n) is 6.52. The predicted octanol–water partition coefficient (Wildman–Crippen LogP) is 2.55. The molecular weight excluding hydrogens is 240 g/mol. The summed E-state index contributed by atoms with van der Waals surface area (Å²) in [7, 11) is 2.02. The Morgan fingerprint density at radius 2 is 2.05 bits per heavy atom. The van der Waals surface area contributed by atoms with Crippen molar-refractivity contribution in [2.24, 2.45) is 0 Å². The monoisotopic (exact) mass is 260 g/mol. The van der Waals surface area contributed by atoms with Crippen LogP contribution in [0.4, 0.5) is 0 Å². The van der Waals surface area contributed by atoms with Crippen molar-refractivity contribution in [2.45, 2.75) is 25.7 Å². The lowest BCUT2D eigenvalue weighted by Crippen LogP contribution is -2.23. The summed E-state index contributed by atoms with van der Waals surface area (Å²) in [5, 5.41) is 17.5. The van der Waals surface area contributed by atoms with Crippen molar-refractivity contribution >= 4 is 5.97 Å². The first kappa shape index (κ1) is 15.2. The lowest BCUT2D eigenvalue weighted by Gasteiger charge is -2.16. The largest absolute Gasteiger partial charge is 0.478 e. The van der Waals surface area contributed by atoms with E-state index in [4.69, 9.17) is 10.4 Å². The number of benzene rings is 1. The van der Waals surface area contributed by atoms with Gasteiger partial charge in [-0.05, 0) is 44.5 Å². The normalized spacial score (nSPS) is 10.4. The van der Waals surface area contributed by atoms with E-state index in [-0.39, 0.29) is 0 Å². The summed E-state index contributed by atoms with van der Waals surface area (Å²) in [5.41, 5.74) is 1.26. The summed E-state index contributed by atoms with van der Waals surface area (Å²) >= 11 is 0. The Labute approximate surface area is 114 Å². The number of carboxylic acid groups (broad SMARTS) is 1. The first-order chi connectivity index (χ1) is 9.15. The van der Waals surface area contributed by atoms with E-state index in [0.717, 1.165) is 37.9 Å². The highest BCUT2D eigenvalue weighted by atomic mass is 16.4. The SMILES string of the molecule is CN(CCCCC#N)CCc1ccccc1C(=O)O. The molecule has 0 saturated carbocycles. The number of aromatic carboxylic acids is 1. The summed E-state index contributed by atoms with van der Waals surface area (Å²) in [4.78, 5) is 13.2. The van der Waals surface area contributed by atoms with Crippen molar-refractivity contribution in [3.8, 4) is 6.07 Å². The molecule has 102 valence electrons. The number of nitrogens with zero attached hydrogens (tertiary/aromatic N) is 2. The number of hydrogen-bond donors (Lipinski definition) is 1. The second-order valence-electron chi connectivity index (χ2n) is 4.63. The molecule has 4 heteroatoms. The van der Waals surface area contributed by atoms with E-state index in [1.807, 2.05) is 19.2 Å². The van der Waals surface area contributed by atoms with Gasteiger partial charge in [0.05, 0.1) is 11.6 Å². The van der Waals surface area contributed by atoms with Crippen molar-refractivity contribution in [1.82, 2.24) is 4.90 Å². The molecule has 0 heterocycles. The summed E-state index contributed by atoms with van der Waals surface area (Å²) in [6.45, 7) is 1.77. The van der Waals surface area contributed by atoms with Crippen molar-refractivity contribution in [1.29, 1.82) is 5.26 Å². The maximum Gasteiger partial charge on any atom is 0.335 e. The molecule has 0 fully saturated rings. The number of unbranched alkanes of at least 4 members (excludes halogenated alkanes) is 2. The summed E-state index contributed by atoms with van der Waals surface area (Å²) < 4.78 is 0. The topological polar surface area (TPSA) is 64.3 Å². The van der Waals surface area contributed by atoms with E-state index >= 15 is 0 Å². The predicted molar refractivity (Wildman–Crippen MR) is 74.1 cm³/mol. The molecule has 1 N–H and O–H groups in total. The van der Waals surface area contributed by atoms with Gasteiger partial charge < -0.3 is 10.0 Å². The van der Waals surface area contributed by atoms with Crippen LogP contribution >= 0.6 is 0 Å². The molecule has 0 saturated heterocycles. The number of carboxylic acids is 1. The standard InChI is InChI=1S/C15H20N2O2/c1-17(11-6-2-5-10-16)12-9-13-7-3-4-8-14(13)15(18)19/h3-4,7-8H,2,5-6,9,11-12H2,1H3,(H,18,19). The van der Waals surface area contributed by atoms with E-state index < -0.39 is 5.97 Å². The molecule has 0 bridgehead atoms. The van der Waals surface area contributed by atoms with Crippen LogP contribution in [-0.4, -0.2) is 36.1 Å². The van der Waals surface area contributed by atoms with Gasteiger partial charge in [-0.1, -0.05) is 18.2 Å². The average Bonchev–Trinajstić information content (AvgIpc) is 2.41. The molecule has 0 radical (unpaired) electrons. The molecule has 1 aromatic rings. The zero-order valence-electron chi connectivity index (χ0n) is 11.3. The third-order valence-electron chi connectivity index (χ3n) is 3.09. The maximum absolute atomic E-state index is 11.1. The van der Waals surface area contributed by atoms with Crippen LogP contribution in [0.2, 0.25) is 0 Å². The zero-order valence-corrected chi connectivity index (χ0v) is 11.3. The third-order valence-corrected chi connectivity index (χ3v) is 3.09. The van der Waals surface area contributed by atoms with Gasteiger partial charge in [0.2, 0.25) is 0 Å². The molecule has 0 aliphatic rings. The minimum Gasteiger partial charge on any atom is -0.478 e. The Morgan fingerprint density at radius 3 is 2.74 bits per heavy atom. The molecule has 4 nitrogen and oxygen atoms in total. The molecule has 0 atom stereocenters. The van der Waals surface area contributed by atoms with Crippen LogP contribution in [0, 0.1) is 11.3 Å². The second-order valence-corrected chi connectivity index (χ2v) is 4.63. The molecule has 1 aromatic carbocycles. The molecule has 0 aliphatic carbocycles. The molecule has 0 aliphatic heterocycles. The molecule has 0 unspecified atom stereocenters. The number of carbonyl (C=O) groups is 1. The van der Waals surface area contributed by atoms with Gasteiger partial charge in [0.15, 0.2) is 0 Å². The number of nitriles is 1. The number of likely N-dealkylation sites (N-methyl/N-ethyl adjacent to an activating group) is 1. The quantitative estimate of drug-likeness (QED) is 0.729. The van der Waals surface area contributed by atoms with Crippen molar-refractivity contribution in [3.63, 3.8) is 0 Å². The Kier molecular flexibility index (Phi) is 6.62. The molecule has 0 amide bonds. The van der Waals surface area contributed by atoms with Crippen LogP contribution in [0.1, 0.15) is 35.2 Å². The van der Waals surface area contributed by atoms with Crippen molar-refractivity contribution < 1.29 is 9.90 Å².